The van der Waals surface area contributed by atoms with Crippen LogP contribution in [0.3, 0.4) is 0 Å². The molecule has 4 rings (SSSR count). The molecule has 0 bridgehead atoms. The van der Waals surface area contributed by atoms with E-state index in [1.54, 1.807) is 6.33 Å². The van der Waals surface area contributed by atoms with Gasteiger partial charge in [-0.1, -0.05) is 11.6 Å². The molecule has 1 fully saturated rings. The summed E-state index contributed by atoms with van der Waals surface area (Å²) in [6.45, 7) is 6.48. The highest BCUT2D eigenvalue weighted by molar-refractivity contribution is 5.91. The first-order chi connectivity index (χ1) is 12.2. The molecule has 1 aromatic heterocycles. The normalized spacial score (nSPS) is 15.5. The van der Waals surface area contributed by atoms with Crippen molar-refractivity contribution < 1.29 is 0 Å². The number of rotatable bonds is 3. The fraction of sp³-hybridized carbons (Fsp3) is 0.300. The monoisotopic (exact) mass is 333 g/mol. The zero-order valence-corrected chi connectivity index (χ0v) is 14.7. The lowest BCUT2D eigenvalue weighted by molar-refractivity contribution is 0.313. The van der Waals surface area contributed by atoms with Crippen LogP contribution in [0.2, 0.25) is 0 Å². The van der Waals surface area contributed by atoms with Crippen LogP contribution in [-0.2, 0) is 0 Å². The highest BCUT2D eigenvalue weighted by atomic mass is 15.2. The molecule has 1 N–H and O–H groups in total. The Labute approximate surface area is 148 Å². The van der Waals surface area contributed by atoms with Crippen LogP contribution in [-0.4, -0.2) is 48.1 Å². The molecule has 1 aliphatic rings. The minimum atomic E-state index is 0.848. The first-order valence-corrected chi connectivity index (χ1v) is 8.71. The number of nitrogens with zero attached hydrogens (tertiary/aromatic N) is 4. The predicted octanol–water partition coefficient (Wildman–Crippen LogP) is 3.43. The van der Waals surface area contributed by atoms with E-state index in [1.807, 2.05) is 6.07 Å². The summed E-state index contributed by atoms with van der Waals surface area (Å²) in [6, 6.07) is 14.8. The molecule has 25 heavy (non-hydrogen) atoms. The number of hydrogen-bond donors (Lipinski definition) is 1. The van der Waals surface area contributed by atoms with Crippen molar-refractivity contribution in [3.63, 3.8) is 0 Å². The zero-order chi connectivity index (χ0) is 17.2. The van der Waals surface area contributed by atoms with Gasteiger partial charge >= 0.3 is 0 Å². The van der Waals surface area contributed by atoms with E-state index in [2.05, 4.69) is 75.5 Å². The van der Waals surface area contributed by atoms with Crippen LogP contribution in [0, 0.1) is 6.92 Å². The maximum Gasteiger partial charge on any atom is 0.141 e. The second kappa shape index (κ2) is 6.69. The summed E-state index contributed by atoms with van der Waals surface area (Å²) < 4.78 is 0. The molecule has 128 valence electrons. The molecule has 2 heterocycles. The van der Waals surface area contributed by atoms with Crippen molar-refractivity contribution in [3.05, 3.63) is 54.4 Å². The van der Waals surface area contributed by atoms with Gasteiger partial charge in [-0.05, 0) is 50.4 Å². The smallest absolute Gasteiger partial charge is 0.141 e. The first kappa shape index (κ1) is 15.8. The molecule has 1 saturated heterocycles. The summed E-state index contributed by atoms with van der Waals surface area (Å²) in [5.74, 6) is 0.848. The van der Waals surface area contributed by atoms with Gasteiger partial charge in [-0.2, -0.15) is 0 Å². The Balaban J connectivity index is 1.55. The van der Waals surface area contributed by atoms with E-state index in [0.29, 0.717) is 0 Å². The van der Waals surface area contributed by atoms with Crippen molar-refractivity contribution >= 4 is 28.1 Å². The largest absolute Gasteiger partial charge is 0.369 e. The van der Waals surface area contributed by atoms with Crippen molar-refractivity contribution in [2.75, 3.05) is 43.4 Å². The van der Waals surface area contributed by atoms with Crippen LogP contribution in [0.1, 0.15) is 5.56 Å². The predicted molar refractivity (Wildman–Crippen MR) is 104 cm³/mol. The standard InChI is InChI=1S/C20H23N5/c1-15-3-8-19-18(13-15)20(22-14-21-19)23-16-4-6-17(7-5-16)25-11-9-24(2)10-12-25/h3-8,13-14H,9-12H2,1-2H3,(H,21,22,23). The molecule has 0 unspecified atom stereocenters. The van der Waals surface area contributed by atoms with Crippen LogP contribution < -0.4 is 10.2 Å². The van der Waals surface area contributed by atoms with Crippen molar-refractivity contribution in [2.45, 2.75) is 6.92 Å². The lowest BCUT2D eigenvalue weighted by Crippen LogP contribution is -2.44. The maximum absolute atomic E-state index is 4.43. The molecule has 5 nitrogen and oxygen atoms in total. The number of aryl methyl sites for hydroxylation is 1. The van der Waals surface area contributed by atoms with Gasteiger partial charge in [0.25, 0.3) is 0 Å². The average Bonchev–Trinajstić information content (AvgIpc) is 2.64. The number of fused-ring (bicyclic) bond motifs is 1. The summed E-state index contributed by atoms with van der Waals surface area (Å²) in [5.41, 5.74) is 4.48. The minimum absolute atomic E-state index is 0.848. The Kier molecular flexibility index (Phi) is 4.24. The summed E-state index contributed by atoms with van der Waals surface area (Å²) in [4.78, 5) is 13.6. The van der Waals surface area contributed by atoms with Gasteiger partial charge in [-0.25, -0.2) is 9.97 Å². The molecule has 5 heteroatoms. The highest BCUT2D eigenvalue weighted by Gasteiger charge is 2.14. The van der Waals surface area contributed by atoms with Gasteiger partial charge in [-0.3, -0.25) is 0 Å². The van der Waals surface area contributed by atoms with E-state index in [1.165, 1.54) is 11.3 Å². The van der Waals surface area contributed by atoms with Gasteiger partial charge < -0.3 is 15.1 Å². The van der Waals surface area contributed by atoms with Gasteiger partial charge in [0.15, 0.2) is 0 Å². The van der Waals surface area contributed by atoms with E-state index in [0.717, 1.165) is 48.6 Å². The molecule has 0 radical (unpaired) electrons. The van der Waals surface area contributed by atoms with Crippen LogP contribution in [0.15, 0.2) is 48.8 Å². The molecule has 0 aliphatic carbocycles. The molecule has 0 atom stereocenters. The van der Waals surface area contributed by atoms with Crippen LogP contribution >= 0.6 is 0 Å². The van der Waals surface area contributed by atoms with E-state index < -0.39 is 0 Å². The van der Waals surface area contributed by atoms with Gasteiger partial charge in [0.05, 0.1) is 5.52 Å². The fourth-order valence-electron chi connectivity index (χ4n) is 3.23. The lowest BCUT2D eigenvalue weighted by Gasteiger charge is -2.34. The average molecular weight is 333 g/mol. The van der Waals surface area contributed by atoms with Crippen LogP contribution in [0.5, 0.6) is 0 Å². The first-order valence-electron chi connectivity index (χ1n) is 8.71. The number of aromatic nitrogens is 2. The van der Waals surface area contributed by atoms with E-state index in [-0.39, 0.29) is 0 Å². The number of benzene rings is 2. The number of nitrogens with one attached hydrogen (secondary N) is 1. The van der Waals surface area contributed by atoms with Crippen LogP contribution in [0.25, 0.3) is 10.9 Å². The second-order valence-corrected chi connectivity index (χ2v) is 6.71. The zero-order valence-electron chi connectivity index (χ0n) is 14.7. The highest BCUT2D eigenvalue weighted by Crippen LogP contribution is 2.25. The fourth-order valence-corrected chi connectivity index (χ4v) is 3.23. The molecule has 0 amide bonds. The molecular formula is C20H23N5. The molecule has 0 saturated carbocycles. The van der Waals surface area contributed by atoms with Crippen molar-refractivity contribution in [2.24, 2.45) is 0 Å². The SMILES string of the molecule is Cc1ccc2ncnc(Nc3ccc(N4CCN(C)CC4)cc3)c2c1. The number of piperazine rings is 1. The number of anilines is 3. The third-order valence-corrected chi connectivity index (χ3v) is 4.79. The van der Waals surface area contributed by atoms with Crippen molar-refractivity contribution in [1.82, 2.24) is 14.9 Å². The Bertz CT molecular complexity index is 867. The summed E-state index contributed by atoms with van der Waals surface area (Å²) in [6.07, 6.45) is 1.61. The Hall–Kier alpha value is -2.66. The molecule has 2 aromatic carbocycles. The van der Waals surface area contributed by atoms with Crippen LogP contribution in [0.4, 0.5) is 17.2 Å². The summed E-state index contributed by atoms with van der Waals surface area (Å²) in [7, 11) is 2.18. The second-order valence-electron chi connectivity index (χ2n) is 6.71. The quantitative estimate of drug-likeness (QED) is 0.795. The van der Waals surface area contributed by atoms with Crippen molar-refractivity contribution in [1.29, 1.82) is 0 Å². The number of likely N-dealkylation sites (N-methyl/N-ethyl adjacent to an activating group) is 1. The third kappa shape index (κ3) is 3.42. The summed E-state index contributed by atoms with van der Waals surface area (Å²) >= 11 is 0. The maximum atomic E-state index is 4.43. The van der Waals surface area contributed by atoms with E-state index in [9.17, 15) is 0 Å². The Morgan fingerprint density at radius 3 is 2.44 bits per heavy atom. The van der Waals surface area contributed by atoms with Gasteiger partial charge in [0, 0.05) is 42.9 Å². The van der Waals surface area contributed by atoms with Gasteiger partial charge in [0.2, 0.25) is 0 Å². The summed E-state index contributed by atoms with van der Waals surface area (Å²) in [5, 5.41) is 4.48. The minimum Gasteiger partial charge on any atom is -0.369 e. The molecule has 3 aromatic rings. The van der Waals surface area contributed by atoms with E-state index >= 15 is 0 Å². The van der Waals surface area contributed by atoms with E-state index in [4.69, 9.17) is 0 Å². The van der Waals surface area contributed by atoms with Crippen molar-refractivity contribution in [3.8, 4) is 0 Å². The van der Waals surface area contributed by atoms with Gasteiger partial charge in [-0.15, -0.1) is 0 Å². The van der Waals surface area contributed by atoms with Gasteiger partial charge in [0.1, 0.15) is 12.1 Å². The Morgan fingerprint density at radius 2 is 1.68 bits per heavy atom. The molecular weight excluding hydrogens is 310 g/mol. The number of hydrogen-bond acceptors (Lipinski definition) is 5. The topological polar surface area (TPSA) is 44.3 Å². The molecule has 0 spiro atoms. The lowest BCUT2D eigenvalue weighted by atomic mass is 10.1. The third-order valence-electron chi connectivity index (χ3n) is 4.79. The molecule has 1 aliphatic heterocycles. The Morgan fingerprint density at radius 1 is 0.920 bits per heavy atom.